The van der Waals surface area contributed by atoms with Crippen molar-refractivity contribution in [2.75, 3.05) is 32.9 Å². The molecule has 1 N–H and O–H groups in total. The second-order valence-electron chi connectivity index (χ2n) is 3.97. The zero-order chi connectivity index (χ0) is 12.3. The fraction of sp³-hybridized carbons (Fsp3) is 0.545. The molecule has 2 rings (SSSR count). The minimum atomic E-state index is -0.497. The van der Waals surface area contributed by atoms with Gasteiger partial charge in [0.2, 0.25) is 0 Å². The maximum absolute atomic E-state index is 13.3. The zero-order valence-corrected chi connectivity index (χ0v) is 10.8. The van der Waals surface area contributed by atoms with Crippen molar-refractivity contribution in [1.29, 1.82) is 0 Å². The quantitative estimate of drug-likeness (QED) is 0.919. The van der Waals surface area contributed by atoms with E-state index in [1.807, 2.05) is 0 Å². The van der Waals surface area contributed by atoms with Crippen LogP contribution < -0.4 is 5.32 Å². The SMILES string of the molecule is FC[C@H](c1c(Cl)cncc1Cl)N1CCNCC1. The highest BCUT2D eigenvalue weighted by atomic mass is 35.5. The predicted octanol–water partition coefficient (Wildman–Crippen LogP) is 2.30. The highest BCUT2D eigenvalue weighted by Gasteiger charge is 2.26. The van der Waals surface area contributed by atoms with Gasteiger partial charge >= 0.3 is 0 Å². The van der Waals surface area contributed by atoms with Crippen molar-refractivity contribution in [3.63, 3.8) is 0 Å². The van der Waals surface area contributed by atoms with Gasteiger partial charge in [-0.2, -0.15) is 0 Å². The maximum atomic E-state index is 13.3. The molecule has 0 spiro atoms. The van der Waals surface area contributed by atoms with E-state index in [1.54, 1.807) is 0 Å². The zero-order valence-electron chi connectivity index (χ0n) is 9.30. The van der Waals surface area contributed by atoms with Crippen LogP contribution in [0.5, 0.6) is 0 Å². The molecule has 0 bridgehead atoms. The van der Waals surface area contributed by atoms with Crippen LogP contribution in [0.25, 0.3) is 0 Å². The van der Waals surface area contributed by atoms with Crippen molar-refractivity contribution in [2.24, 2.45) is 0 Å². The van der Waals surface area contributed by atoms with Crippen LogP contribution in [-0.4, -0.2) is 42.7 Å². The molecule has 1 saturated heterocycles. The summed E-state index contributed by atoms with van der Waals surface area (Å²) in [4.78, 5) is 5.95. The van der Waals surface area contributed by atoms with Gasteiger partial charge in [0.15, 0.2) is 0 Å². The van der Waals surface area contributed by atoms with Crippen molar-refractivity contribution < 1.29 is 4.39 Å². The molecule has 1 fully saturated rings. The minimum Gasteiger partial charge on any atom is -0.314 e. The Kier molecular flexibility index (Phi) is 4.56. The molecule has 0 unspecified atom stereocenters. The number of halogens is 3. The summed E-state index contributed by atoms with van der Waals surface area (Å²) in [6.07, 6.45) is 3.02. The van der Waals surface area contributed by atoms with E-state index in [9.17, 15) is 4.39 Å². The third-order valence-electron chi connectivity index (χ3n) is 2.96. The summed E-state index contributed by atoms with van der Waals surface area (Å²) < 4.78 is 13.3. The Morgan fingerprint density at radius 2 is 1.88 bits per heavy atom. The van der Waals surface area contributed by atoms with Crippen LogP contribution in [0, 0.1) is 0 Å². The monoisotopic (exact) mass is 277 g/mol. The number of hydrogen-bond acceptors (Lipinski definition) is 3. The number of pyridine rings is 1. The van der Waals surface area contributed by atoms with Gasteiger partial charge in [0.05, 0.1) is 16.1 Å². The van der Waals surface area contributed by atoms with E-state index in [-0.39, 0.29) is 6.04 Å². The Bertz CT molecular complexity index is 363. The topological polar surface area (TPSA) is 28.2 Å². The summed E-state index contributed by atoms with van der Waals surface area (Å²) in [6.45, 7) is 2.81. The van der Waals surface area contributed by atoms with Gasteiger partial charge < -0.3 is 5.32 Å². The summed E-state index contributed by atoms with van der Waals surface area (Å²) in [5, 5.41) is 4.09. The molecule has 1 aliphatic rings. The molecule has 1 aliphatic heterocycles. The summed E-state index contributed by atoms with van der Waals surface area (Å²) in [5.41, 5.74) is 0.646. The van der Waals surface area contributed by atoms with Crippen LogP contribution in [-0.2, 0) is 0 Å². The van der Waals surface area contributed by atoms with Crippen LogP contribution in [0.2, 0.25) is 10.0 Å². The lowest BCUT2D eigenvalue weighted by molar-refractivity contribution is 0.147. The van der Waals surface area contributed by atoms with E-state index in [1.165, 1.54) is 12.4 Å². The molecule has 1 aromatic rings. The molecule has 0 saturated carbocycles. The lowest BCUT2D eigenvalue weighted by atomic mass is 10.1. The van der Waals surface area contributed by atoms with Gasteiger partial charge in [-0.05, 0) is 0 Å². The van der Waals surface area contributed by atoms with Crippen molar-refractivity contribution in [3.8, 4) is 0 Å². The van der Waals surface area contributed by atoms with E-state index < -0.39 is 6.67 Å². The Labute approximate surface area is 110 Å². The Balaban J connectivity index is 2.27. The lowest BCUT2D eigenvalue weighted by Crippen LogP contribution is -2.45. The number of nitrogens with one attached hydrogen (secondary N) is 1. The van der Waals surface area contributed by atoms with Crippen LogP contribution in [0.15, 0.2) is 12.4 Å². The van der Waals surface area contributed by atoms with Crippen molar-refractivity contribution in [2.45, 2.75) is 6.04 Å². The van der Waals surface area contributed by atoms with Gasteiger partial charge in [-0.1, -0.05) is 23.2 Å². The average molecular weight is 278 g/mol. The normalized spacial score (nSPS) is 19.2. The molecule has 17 heavy (non-hydrogen) atoms. The van der Waals surface area contributed by atoms with Crippen molar-refractivity contribution >= 4 is 23.2 Å². The highest BCUT2D eigenvalue weighted by molar-refractivity contribution is 6.35. The molecule has 0 aromatic carbocycles. The van der Waals surface area contributed by atoms with Crippen molar-refractivity contribution in [1.82, 2.24) is 15.2 Å². The van der Waals surface area contributed by atoms with Gasteiger partial charge in [-0.15, -0.1) is 0 Å². The molecular weight excluding hydrogens is 264 g/mol. The summed E-state index contributed by atoms with van der Waals surface area (Å²) >= 11 is 12.1. The first kappa shape index (κ1) is 13.0. The van der Waals surface area contributed by atoms with E-state index in [4.69, 9.17) is 23.2 Å². The van der Waals surface area contributed by atoms with Crippen molar-refractivity contribution in [3.05, 3.63) is 28.0 Å². The minimum absolute atomic E-state index is 0.375. The number of alkyl halides is 1. The van der Waals surface area contributed by atoms with Gasteiger partial charge in [-0.3, -0.25) is 9.88 Å². The first-order valence-corrected chi connectivity index (χ1v) is 6.29. The number of nitrogens with zero attached hydrogens (tertiary/aromatic N) is 2. The largest absolute Gasteiger partial charge is 0.314 e. The molecule has 3 nitrogen and oxygen atoms in total. The molecule has 1 aromatic heterocycles. The fourth-order valence-corrected chi connectivity index (χ4v) is 2.71. The number of aromatic nitrogens is 1. The molecule has 0 amide bonds. The van der Waals surface area contributed by atoms with Crippen LogP contribution in [0.4, 0.5) is 4.39 Å². The Morgan fingerprint density at radius 1 is 1.29 bits per heavy atom. The van der Waals surface area contributed by atoms with E-state index in [0.717, 1.165) is 26.2 Å². The standard InChI is InChI=1S/C11H14Cl2FN3/c12-8-6-16-7-9(13)11(8)10(5-14)17-3-1-15-2-4-17/h6-7,10,15H,1-5H2/t10-/m1/s1. The third-order valence-corrected chi connectivity index (χ3v) is 3.56. The Hall–Kier alpha value is -0.420. The molecule has 1 atom stereocenters. The summed E-state index contributed by atoms with van der Waals surface area (Å²) in [5.74, 6) is 0. The van der Waals surface area contributed by atoms with Gasteiger partial charge in [0.25, 0.3) is 0 Å². The fourth-order valence-electron chi connectivity index (χ4n) is 2.09. The van der Waals surface area contributed by atoms with E-state index in [2.05, 4.69) is 15.2 Å². The third kappa shape index (κ3) is 2.88. The first-order valence-electron chi connectivity index (χ1n) is 5.53. The second kappa shape index (κ2) is 5.96. The van der Waals surface area contributed by atoms with Crippen LogP contribution in [0.3, 0.4) is 0 Å². The van der Waals surface area contributed by atoms with Crippen LogP contribution >= 0.6 is 23.2 Å². The first-order chi connectivity index (χ1) is 8.24. The summed E-state index contributed by atoms with van der Waals surface area (Å²) in [7, 11) is 0. The molecule has 0 radical (unpaired) electrons. The second-order valence-corrected chi connectivity index (χ2v) is 4.79. The lowest BCUT2D eigenvalue weighted by Gasteiger charge is -2.34. The van der Waals surface area contributed by atoms with E-state index in [0.29, 0.717) is 15.6 Å². The van der Waals surface area contributed by atoms with Gasteiger partial charge in [0.1, 0.15) is 6.67 Å². The molecular formula is C11H14Cl2FN3. The Morgan fingerprint density at radius 3 is 2.41 bits per heavy atom. The number of piperazine rings is 1. The highest BCUT2D eigenvalue weighted by Crippen LogP contribution is 2.33. The predicted molar refractivity (Wildman–Crippen MR) is 67.4 cm³/mol. The van der Waals surface area contributed by atoms with Gasteiger partial charge in [0, 0.05) is 44.1 Å². The number of hydrogen-bond donors (Lipinski definition) is 1. The number of rotatable bonds is 3. The smallest absolute Gasteiger partial charge is 0.109 e. The van der Waals surface area contributed by atoms with Crippen LogP contribution in [0.1, 0.15) is 11.6 Å². The molecule has 0 aliphatic carbocycles. The average Bonchev–Trinajstić information content (AvgIpc) is 2.35. The molecule has 2 heterocycles. The summed E-state index contributed by atoms with van der Waals surface area (Å²) in [6, 6.07) is -0.375. The van der Waals surface area contributed by atoms with E-state index >= 15 is 0 Å². The molecule has 6 heteroatoms. The van der Waals surface area contributed by atoms with Gasteiger partial charge in [-0.25, -0.2) is 4.39 Å². The maximum Gasteiger partial charge on any atom is 0.109 e. The molecule has 94 valence electrons.